The molecule has 0 aliphatic heterocycles. The van der Waals surface area contributed by atoms with Crippen LogP contribution in [0, 0.1) is 24.0 Å². The number of sulfonamides is 2. The normalized spacial score (nSPS) is 11.7. The first-order chi connectivity index (χ1) is 14.5. The molecule has 0 atom stereocenters. The van der Waals surface area contributed by atoms with E-state index in [9.17, 15) is 26.9 Å². The van der Waals surface area contributed by atoms with Crippen molar-refractivity contribution < 1.29 is 21.8 Å². The van der Waals surface area contributed by atoms with Crippen LogP contribution in [0.15, 0.2) is 76.5 Å². The summed E-state index contributed by atoms with van der Waals surface area (Å²) in [5.74, 6) is 0. The van der Waals surface area contributed by atoms with Crippen LogP contribution in [0.2, 0.25) is 0 Å². The summed E-state index contributed by atoms with van der Waals surface area (Å²) >= 11 is 0. The molecule has 11 heteroatoms. The van der Waals surface area contributed by atoms with E-state index in [1.807, 2.05) is 13.0 Å². The number of rotatable bonds is 7. The van der Waals surface area contributed by atoms with Gasteiger partial charge in [0.25, 0.3) is 25.7 Å². The molecule has 0 unspecified atom stereocenters. The van der Waals surface area contributed by atoms with Crippen LogP contribution in [0.3, 0.4) is 0 Å². The molecule has 0 spiro atoms. The molecule has 31 heavy (non-hydrogen) atoms. The third kappa shape index (κ3) is 5.19. The molecule has 0 amide bonds. The van der Waals surface area contributed by atoms with E-state index in [1.165, 1.54) is 18.2 Å². The zero-order valence-corrected chi connectivity index (χ0v) is 18.2. The van der Waals surface area contributed by atoms with Crippen molar-refractivity contribution in [3.05, 3.63) is 88.0 Å². The third-order valence-electron chi connectivity index (χ3n) is 4.39. The van der Waals surface area contributed by atoms with Crippen LogP contribution in [-0.2, 0) is 20.0 Å². The number of hydrogen-bond donors (Lipinski definition) is 2. The topological polar surface area (TPSA) is 135 Å². The highest BCUT2D eigenvalue weighted by atomic mass is 32.2. The molecule has 9 nitrogen and oxygen atoms in total. The number of aryl methyl sites for hydroxylation is 2. The van der Waals surface area contributed by atoms with Gasteiger partial charge >= 0.3 is 0 Å². The van der Waals surface area contributed by atoms with Gasteiger partial charge < -0.3 is 0 Å². The Labute approximate surface area is 180 Å². The van der Waals surface area contributed by atoms with Crippen molar-refractivity contribution in [3.63, 3.8) is 0 Å². The Balaban J connectivity index is 1.90. The highest BCUT2D eigenvalue weighted by molar-refractivity contribution is 7.93. The Morgan fingerprint density at radius 2 is 1.39 bits per heavy atom. The minimum atomic E-state index is -4.09. The van der Waals surface area contributed by atoms with Crippen molar-refractivity contribution in [3.8, 4) is 0 Å². The van der Waals surface area contributed by atoms with Crippen molar-refractivity contribution >= 4 is 37.1 Å². The molecule has 0 bridgehead atoms. The van der Waals surface area contributed by atoms with Gasteiger partial charge in [-0.1, -0.05) is 18.2 Å². The van der Waals surface area contributed by atoms with E-state index in [0.717, 1.165) is 29.8 Å². The smallest absolute Gasteiger partial charge is 0.269 e. The summed E-state index contributed by atoms with van der Waals surface area (Å²) in [6, 6.07) is 15.3. The van der Waals surface area contributed by atoms with Gasteiger partial charge in [0, 0.05) is 17.8 Å². The largest absolute Gasteiger partial charge is 0.280 e. The lowest BCUT2D eigenvalue weighted by atomic mass is 10.2. The number of nitrogens with one attached hydrogen (secondary N) is 2. The van der Waals surface area contributed by atoms with E-state index in [-0.39, 0.29) is 21.2 Å². The molecule has 0 saturated carbocycles. The molecule has 3 aromatic rings. The van der Waals surface area contributed by atoms with E-state index in [2.05, 4.69) is 9.44 Å². The van der Waals surface area contributed by atoms with Crippen LogP contribution >= 0.6 is 0 Å². The lowest BCUT2D eigenvalue weighted by Crippen LogP contribution is -2.16. The number of nitro groups is 1. The number of benzene rings is 3. The molecule has 3 rings (SSSR count). The van der Waals surface area contributed by atoms with Gasteiger partial charge in [-0.3, -0.25) is 19.6 Å². The summed E-state index contributed by atoms with van der Waals surface area (Å²) in [6.07, 6.45) is 0. The van der Waals surface area contributed by atoms with E-state index in [0.29, 0.717) is 11.3 Å². The van der Waals surface area contributed by atoms with Crippen LogP contribution in [0.5, 0.6) is 0 Å². The van der Waals surface area contributed by atoms with Gasteiger partial charge in [-0.15, -0.1) is 0 Å². The lowest BCUT2D eigenvalue weighted by Gasteiger charge is -2.14. The van der Waals surface area contributed by atoms with Crippen LogP contribution in [0.1, 0.15) is 11.1 Å². The highest BCUT2D eigenvalue weighted by Crippen LogP contribution is 2.26. The minimum Gasteiger partial charge on any atom is -0.280 e. The standard InChI is InChI=1S/C20H19N3O6S2/c1-14-4-3-5-16(12-14)21-31(28,29)19-9-6-15(2)20(13-19)22-30(26,27)18-10-7-17(8-11-18)23(24)25/h3-13,21-22H,1-2H3. The number of hydrogen-bond acceptors (Lipinski definition) is 6. The Bertz CT molecular complexity index is 1350. The Kier molecular flexibility index (Phi) is 6.00. The predicted molar refractivity (Wildman–Crippen MR) is 117 cm³/mol. The Morgan fingerprint density at radius 3 is 2.00 bits per heavy atom. The molecule has 162 valence electrons. The average Bonchev–Trinajstić information content (AvgIpc) is 2.69. The summed E-state index contributed by atoms with van der Waals surface area (Å²) in [5.41, 5.74) is 1.59. The molecule has 0 aliphatic carbocycles. The van der Waals surface area contributed by atoms with E-state index < -0.39 is 25.0 Å². The van der Waals surface area contributed by atoms with Crippen LogP contribution in [-0.4, -0.2) is 21.8 Å². The van der Waals surface area contributed by atoms with Crippen molar-refractivity contribution in [1.82, 2.24) is 0 Å². The van der Waals surface area contributed by atoms with Crippen molar-refractivity contribution in [2.24, 2.45) is 0 Å². The highest BCUT2D eigenvalue weighted by Gasteiger charge is 2.20. The summed E-state index contributed by atoms with van der Waals surface area (Å²) in [4.78, 5) is 9.81. The van der Waals surface area contributed by atoms with Crippen LogP contribution in [0.4, 0.5) is 17.1 Å². The van der Waals surface area contributed by atoms with Gasteiger partial charge in [0.15, 0.2) is 0 Å². The van der Waals surface area contributed by atoms with Gasteiger partial charge in [-0.2, -0.15) is 0 Å². The fourth-order valence-electron chi connectivity index (χ4n) is 2.75. The SMILES string of the molecule is Cc1cccc(NS(=O)(=O)c2ccc(C)c(NS(=O)(=O)c3ccc([N+](=O)[O-])cc3)c2)c1. The molecule has 0 fully saturated rings. The average molecular weight is 462 g/mol. The molecule has 0 saturated heterocycles. The molecule has 0 aromatic heterocycles. The van der Waals surface area contributed by atoms with Gasteiger partial charge in [0.2, 0.25) is 0 Å². The molecule has 0 heterocycles. The second-order valence-electron chi connectivity index (χ2n) is 6.81. The van der Waals surface area contributed by atoms with Crippen LogP contribution in [0.25, 0.3) is 0 Å². The predicted octanol–water partition coefficient (Wildman–Crippen LogP) is 3.81. The number of nitro benzene ring substituents is 1. The molecule has 3 aromatic carbocycles. The second kappa shape index (κ2) is 8.36. The first-order valence-corrected chi connectivity index (χ1v) is 11.9. The number of non-ortho nitro benzene ring substituents is 1. The van der Waals surface area contributed by atoms with E-state index in [1.54, 1.807) is 25.1 Å². The fourth-order valence-corrected chi connectivity index (χ4v) is 4.95. The van der Waals surface area contributed by atoms with Gasteiger partial charge in [-0.05, 0) is 61.4 Å². The van der Waals surface area contributed by atoms with Gasteiger partial charge in [-0.25, -0.2) is 16.8 Å². The molecule has 0 radical (unpaired) electrons. The minimum absolute atomic E-state index is 0.0745. The molecular formula is C20H19N3O6S2. The van der Waals surface area contributed by atoms with Crippen molar-refractivity contribution in [2.45, 2.75) is 23.6 Å². The van der Waals surface area contributed by atoms with E-state index >= 15 is 0 Å². The fraction of sp³-hybridized carbons (Fsp3) is 0.100. The molecular weight excluding hydrogens is 442 g/mol. The van der Waals surface area contributed by atoms with E-state index in [4.69, 9.17) is 0 Å². The van der Waals surface area contributed by atoms with Crippen molar-refractivity contribution in [2.75, 3.05) is 9.44 Å². The zero-order chi connectivity index (χ0) is 22.8. The third-order valence-corrected chi connectivity index (χ3v) is 7.15. The first kappa shape index (κ1) is 22.2. The maximum Gasteiger partial charge on any atom is 0.269 e. The maximum absolute atomic E-state index is 12.8. The monoisotopic (exact) mass is 461 g/mol. The number of anilines is 2. The van der Waals surface area contributed by atoms with Gasteiger partial charge in [0.05, 0.1) is 20.4 Å². The Morgan fingerprint density at radius 1 is 0.774 bits per heavy atom. The number of nitrogens with zero attached hydrogens (tertiary/aromatic N) is 1. The summed E-state index contributed by atoms with van der Waals surface area (Å²) in [5, 5.41) is 10.8. The zero-order valence-electron chi connectivity index (χ0n) is 16.6. The Hall–Kier alpha value is -3.44. The summed E-state index contributed by atoms with van der Waals surface area (Å²) < 4.78 is 55.7. The first-order valence-electron chi connectivity index (χ1n) is 8.95. The lowest BCUT2D eigenvalue weighted by molar-refractivity contribution is -0.384. The maximum atomic E-state index is 12.8. The summed E-state index contributed by atoms with van der Waals surface area (Å²) in [7, 11) is -8.06. The summed E-state index contributed by atoms with van der Waals surface area (Å²) in [6.45, 7) is 3.45. The molecule has 0 aliphatic rings. The molecule has 2 N–H and O–H groups in total. The van der Waals surface area contributed by atoms with Gasteiger partial charge in [0.1, 0.15) is 0 Å². The second-order valence-corrected chi connectivity index (χ2v) is 10.2. The quantitative estimate of drug-likeness (QED) is 0.406. The van der Waals surface area contributed by atoms with Crippen molar-refractivity contribution in [1.29, 1.82) is 0 Å². The van der Waals surface area contributed by atoms with Crippen LogP contribution < -0.4 is 9.44 Å².